The van der Waals surface area contributed by atoms with Crippen LogP contribution in [-0.2, 0) is 14.3 Å². The van der Waals surface area contributed by atoms with Crippen LogP contribution >= 0.6 is 11.8 Å². The third-order valence-electron chi connectivity index (χ3n) is 4.79. The van der Waals surface area contributed by atoms with Crippen LogP contribution in [0.25, 0.3) is 0 Å². The van der Waals surface area contributed by atoms with Gasteiger partial charge < -0.3 is 9.47 Å². The second-order valence-electron chi connectivity index (χ2n) is 6.12. The van der Waals surface area contributed by atoms with Gasteiger partial charge in [0.15, 0.2) is 5.78 Å². The first-order chi connectivity index (χ1) is 9.29. The first-order valence-electron chi connectivity index (χ1n) is 7.66. The van der Waals surface area contributed by atoms with Gasteiger partial charge in [-0.2, -0.15) is 11.8 Å². The van der Waals surface area contributed by atoms with E-state index >= 15 is 0 Å². The van der Waals surface area contributed by atoms with E-state index in [-0.39, 0.29) is 17.6 Å². The van der Waals surface area contributed by atoms with Crippen molar-refractivity contribution in [2.45, 2.75) is 56.7 Å². The molecule has 1 saturated carbocycles. The zero-order valence-electron chi connectivity index (χ0n) is 11.6. The molecule has 3 fully saturated rings. The summed E-state index contributed by atoms with van der Waals surface area (Å²) >= 11 is 1.85. The van der Waals surface area contributed by atoms with Gasteiger partial charge in [0.25, 0.3) is 0 Å². The van der Waals surface area contributed by atoms with Crippen molar-refractivity contribution >= 4 is 17.5 Å². The van der Waals surface area contributed by atoms with Crippen molar-refractivity contribution in [2.24, 2.45) is 5.92 Å². The Bertz CT molecular complexity index is 314. The number of rotatable bonds is 2. The molecule has 108 valence electrons. The Morgan fingerprint density at radius 3 is 2.74 bits per heavy atom. The maximum atomic E-state index is 12.6. The predicted octanol–water partition coefficient (Wildman–Crippen LogP) is 2.82. The van der Waals surface area contributed by atoms with E-state index in [4.69, 9.17) is 9.47 Å². The van der Waals surface area contributed by atoms with E-state index in [2.05, 4.69) is 0 Å². The summed E-state index contributed by atoms with van der Waals surface area (Å²) in [6.07, 6.45) is 7.83. The standard InChI is InChI=1S/C15H24O3S/c16-14(13-11-19-9-8-17-13)12-4-7-18-15(10-12)5-2-1-3-6-15/h12-13H,1-11H2. The van der Waals surface area contributed by atoms with E-state index in [1.165, 1.54) is 19.3 Å². The molecule has 1 spiro atoms. The highest BCUT2D eigenvalue weighted by Crippen LogP contribution is 2.41. The largest absolute Gasteiger partial charge is 0.375 e. The second-order valence-corrected chi connectivity index (χ2v) is 7.27. The number of ether oxygens (including phenoxy) is 2. The summed E-state index contributed by atoms with van der Waals surface area (Å²) < 4.78 is 11.7. The summed E-state index contributed by atoms with van der Waals surface area (Å²) in [5, 5.41) is 0. The molecule has 0 aromatic rings. The Morgan fingerprint density at radius 2 is 2.00 bits per heavy atom. The first-order valence-corrected chi connectivity index (χ1v) is 8.82. The third-order valence-corrected chi connectivity index (χ3v) is 5.79. The number of carbonyl (C=O) groups is 1. The van der Waals surface area contributed by atoms with Crippen LogP contribution in [0.1, 0.15) is 44.9 Å². The average molecular weight is 284 g/mol. The molecule has 3 rings (SSSR count). The molecule has 3 aliphatic rings. The average Bonchev–Trinajstić information content (AvgIpc) is 2.48. The Morgan fingerprint density at radius 1 is 1.16 bits per heavy atom. The smallest absolute Gasteiger partial charge is 0.165 e. The van der Waals surface area contributed by atoms with Crippen LogP contribution in [-0.4, -0.2) is 42.2 Å². The molecule has 19 heavy (non-hydrogen) atoms. The van der Waals surface area contributed by atoms with Gasteiger partial charge in [-0.15, -0.1) is 0 Å². The molecule has 0 aromatic heterocycles. The maximum Gasteiger partial charge on any atom is 0.165 e. The fraction of sp³-hybridized carbons (Fsp3) is 0.933. The lowest BCUT2D eigenvalue weighted by Crippen LogP contribution is -2.46. The Hall–Kier alpha value is -0.0600. The maximum absolute atomic E-state index is 12.6. The van der Waals surface area contributed by atoms with Crippen molar-refractivity contribution in [1.29, 1.82) is 0 Å². The molecule has 2 atom stereocenters. The second kappa shape index (κ2) is 6.15. The van der Waals surface area contributed by atoms with Crippen molar-refractivity contribution in [2.75, 3.05) is 24.7 Å². The number of thioether (sulfide) groups is 1. The number of carbonyl (C=O) groups excluding carboxylic acids is 1. The van der Waals surface area contributed by atoms with Gasteiger partial charge in [-0.05, 0) is 25.7 Å². The molecule has 0 radical (unpaired) electrons. The highest BCUT2D eigenvalue weighted by Gasteiger charge is 2.42. The molecule has 2 unspecified atom stereocenters. The Labute approximate surface area is 119 Å². The minimum Gasteiger partial charge on any atom is -0.375 e. The lowest BCUT2D eigenvalue weighted by atomic mass is 9.74. The summed E-state index contributed by atoms with van der Waals surface area (Å²) in [5.41, 5.74) is 0.0264. The van der Waals surface area contributed by atoms with Gasteiger partial charge in [-0.3, -0.25) is 4.79 Å². The van der Waals surface area contributed by atoms with Gasteiger partial charge in [-0.1, -0.05) is 19.3 Å². The van der Waals surface area contributed by atoms with E-state index in [0.29, 0.717) is 5.78 Å². The molecule has 2 aliphatic heterocycles. The minimum absolute atomic E-state index is 0.0264. The normalized spacial score (nSPS) is 35.2. The van der Waals surface area contributed by atoms with Crippen LogP contribution < -0.4 is 0 Å². The van der Waals surface area contributed by atoms with Gasteiger partial charge in [0.05, 0.1) is 12.2 Å². The van der Waals surface area contributed by atoms with Crippen molar-refractivity contribution in [1.82, 2.24) is 0 Å². The monoisotopic (exact) mass is 284 g/mol. The highest BCUT2D eigenvalue weighted by molar-refractivity contribution is 7.99. The van der Waals surface area contributed by atoms with Crippen LogP contribution in [0, 0.1) is 5.92 Å². The molecule has 0 amide bonds. The van der Waals surface area contributed by atoms with Crippen LogP contribution in [0.5, 0.6) is 0 Å². The third kappa shape index (κ3) is 3.17. The molecule has 1 aliphatic carbocycles. The molecule has 0 aromatic carbocycles. The molecule has 0 N–H and O–H groups in total. The fourth-order valence-electron chi connectivity index (χ4n) is 3.73. The summed E-state index contributed by atoms with van der Waals surface area (Å²) in [7, 11) is 0. The Balaban J connectivity index is 1.62. The van der Waals surface area contributed by atoms with Crippen LogP contribution in [0.15, 0.2) is 0 Å². The lowest BCUT2D eigenvalue weighted by Gasteiger charge is -2.43. The Kier molecular flexibility index (Phi) is 4.50. The van der Waals surface area contributed by atoms with E-state index in [9.17, 15) is 4.79 Å². The van der Waals surface area contributed by atoms with Crippen LogP contribution in [0.2, 0.25) is 0 Å². The number of hydrogen-bond acceptors (Lipinski definition) is 4. The lowest BCUT2D eigenvalue weighted by molar-refractivity contribution is -0.150. The van der Waals surface area contributed by atoms with Crippen molar-refractivity contribution in [3.05, 3.63) is 0 Å². The first kappa shape index (κ1) is 13.9. The van der Waals surface area contributed by atoms with E-state index in [0.717, 1.165) is 50.4 Å². The van der Waals surface area contributed by atoms with Crippen molar-refractivity contribution in [3.63, 3.8) is 0 Å². The van der Waals surface area contributed by atoms with Crippen LogP contribution in [0.3, 0.4) is 0 Å². The van der Waals surface area contributed by atoms with Crippen molar-refractivity contribution < 1.29 is 14.3 Å². The van der Waals surface area contributed by atoms with Gasteiger partial charge in [0.2, 0.25) is 0 Å². The molecular formula is C15H24O3S. The summed E-state index contributed by atoms with van der Waals surface area (Å²) in [6, 6.07) is 0. The predicted molar refractivity (Wildman–Crippen MR) is 76.6 cm³/mol. The molecule has 3 nitrogen and oxygen atoms in total. The molecular weight excluding hydrogens is 260 g/mol. The van der Waals surface area contributed by atoms with E-state index < -0.39 is 0 Å². The number of Topliss-reactive ketones (excluding diaryl/α,β-unsaturated/α-hetero) is 1. The van der Waals surface area contributed by atoms with Gasteiger partial charge in [0.1, 0.15) is 6.10 Å². The topological polar surface area (TPSA) is 35.5 Å². The van der Waals surface area contributed by atoms with Gasteiger partial charge in [-0.25, -0.2) is 0 Å². The zero-order valence-corrected chi connectivity index (χ0v) is 12.4. The summed E-state index contributed by atoms with van der Waals surface area (Å²) in [4.78, 5) is 12.6. The summed E-state index contributed by atoms with van der Waals surface area (Å²) in [5.74, 6) is 2.40. The van der Waals surface area contributed by atoms with Crippen LogP contribution in [0.4, 0.5) is 0 Å². The quantitative estimate of drug-likeness (QED) is 0.781. The zero-order chi connectivity index (χ0) is 13.1. The fourth-order valence-corrected chi connectivity index (χ4v) is 4.59. The number of ketones is 1. The van der Waals surface area contributed by atoms with Gasteiger partial charge in [0, 0.05) is 24.0 Å². The molecule has 2 heterocycles. The molecule has 4 heteroatoms. The van der Waals surface area contributed by atoms with Crippen molar-refractivity contribution in [3.8, 4) is 0 Å². The summed E-state index contributed by atoms with van der Waals surface area (Å²) in [6.45, 7) is 1.49. The molecule has 0 bridgehead atoms. The molecule has 2 saturated heterocycles. The van der Waals surface area contributed by atoms with E-state index in [1.54, 1.807) is 0 Å². The SMILES string of the molecule is O=C(C1CCOC2(CCCCC2)C1)C1CSCCO1. The van der Waals surface area contributed by atoms with Gasteiger partial charge >= 0.3 is 0 Å². The van der Waals surface area contributed by atoms with E-state index in [1.807, 2.05) is 11.8 Å². The number of hydrogen-bond donors (Lipinski definition) is 0. The minimum atomic E-state index is -0.150. The highest BCUT2D eigenvalue weighted by atomic mass is 32.2.